The minimum atomic E-state index is -3.51. The molecule has 0 bridgehead atoms. The standard InChI is InChI=1S/C10H17NO3S2/c1-4-8-5-6-9(15-8)16(13,14)11-10(2,3)7-12/h5-6,11-12H,4,7H2,1-3H3. The van der Waals surface area contributed by atoms with Crippen LogP contribution in [-0.4, -0.2) is 25.7 Å². The first-order valence-electron chi connectivity index (χ1n) is 5.04. The van der Waals surface area contributed by atoms with Crippen LogP contribution in [0.4, 0.5) is 0 Å². The molecule has 0 amide bonds. The lowest BCUT2D eigenvalue weighted by atomic mass is 10.1. The van der Waals surface area contributed by atoms with Crippen LogP contribution in [0.2, 0.25) is 0 Å². The summed E-state index contributed by atoms with van der Waals surface area (Å²) < 4.78 is 26.6. The van der Waals surface area contributed by atoms with Gasteiger partial charge in [0.25, 0.3) is 10.0 Å². The van der Waals surface area contributed by atoms with Gasteiger partial charge in [0.2, 0.25) is 0 Å². The molecule has 0 unspecified atom stereocenters. The van der Waals surface area contributed by atoms with E-state index < -0.39 is 15.6 Å². The van der Waals surface area contributed by atoms with Crippen LogP contribution < -0.4 is 4.72 Å². The maximum atomic E-state index is 11.9. The number of aliphatic hydroxyl groups excluding tert-OH is 1. The SMILES string of the molecule is CCc1ccc(S(=O)(=O)NC(C)(C)CO)s1. The van der Waals surface area contributed by atoms with Gasteiger partial charge in [0.1, 0.15) is 4.21 Å². The minimum Gasteiger partial charge on any atom is -0.394 e. The molecule has 0 atom stereocenters. The first-order chi connectivity index (χ1) is 7.30. The fourth-order valence-electron chi connectivity index (χ4n) is 1.14. The average molecular weight is 263 g/mol. The Balaban J connectivity index is 2.94. The van der Waals surface area contributed by atoms with Gasteiger partial charge in [-0.1, -0.05) is 6.92 Å². The summed E-state index contributed by atoms with van der Waals surface area (Å²) in [4.78, 5) is 1.03. The Morgan fingerprint density at radius 2 is 2.06 bits per heavy atom. The van der Waals surface area contributed by atoms with E-state index in [4.69, 9.17) is 5.11 Å². The highest BCUT2D eigenvalue weighted by atomic mass is 32.2. The molecule has 0 saturated carbocycles. The predicted molar refractivity (Wildman–Crippen MR) is 65.2 cm³/mol. The molecule has 0 aliphatic rings. The number of sulfonamides is 1. The molecular weight excluding hydrogens is 246 g/mol. The zero-order chi connectivity index (χ0) is 12.4. The van der Waals surface area contributed by atoms with Crippen molar-refractivity contribution in [3.63, 3.8) is 0 Å². The van der Waals surface area contributed by atoms with Crippen molar-refractivity contribution in [2.24, 2.45) is 0 Å². The third-order valence-electron chi connectivity index (χ3n) is 2.06. The van der Waals surface area contributed by atoms with Gasteiger partial charge in [-0.3, -0.25) is 0 Å². The largest absolute Gasteiger partial charge is 0.394 e. The molecule has 0 aliphatic heterocycles. The van der Waals surface area contributed by atoms with E-state index in [1.165, 1.54) is 11.3 Å². The van der Waals surface area contributed by atoms with E-state index in [0.29, 0.717) is 4.21 Å². The number of hydrogen-bond acceptors (Lipinski definition) is 4. The lowest BCUT2D eigenvalue weighted by molar-refractivity contribution is 0.208. The molecule has 0 spiro atoms. The second kappa shape index (κ2) is 4.83. The van der Waals surface area contributed by atoms with Crippen LogP contribution in [0.5, 0.6) is 0 Å². The second-order valence-electron chi connectivity index (χ2n) is 4.22. The minimum absolute atomic E-state index is 0.238. The summed E-state index contributed by atoms with van der Waals surface area (Å²) in [5.41, 5.74) is -0.838. The Hall–Kier alpha value is -0.430. The molecule has 0 fully saturated rings. The summed E-state index contributed by atoms with van der Waals surface area (Å²) in [5.74, 6) is 0. The van der Waals surface area contributed by atoms with E-state index >= 15 is 0 Å². The molecule has 4 nitrogen and oxygen atoms in total. The number of rotatable bonds is 5. The van der Waals surface area contributed by atoms with Crippen molar-refractivity contribution in [1.29, 1.82) is 0 Å². The van der Waals surface area contributed by atoms with Crippen molar-refractivity contribution >= 4 is 21.4 Å². The lowest BCUT2D eigenvalue weighted by Crippen LogP contribution is -2.45. The van der Waals surface area contributed by atoms with Gasteiger partial charge in [0.05, 0.1) is 12.1 Å². The lowest BCUT2D eigenvalue weighted by Gasteiger charge is -2.22. The Kier molecular flexibility index (Phi) is 4.12. The third kappa shape index (κ3) is 3.28. The van der Waals surface area contributed by atoms with Gasteiger partial charge in [-0.05, 0) is 32.4 Å². The average Bonchev–Trinajstić information content (AvgIpc) is 2.65. The summed E-state index contributed by atoms with van der Waals surface area (Å²) in [6.45, 7) is 5.02. The summed E-state index contributed by atoms with van der Waals surface area (Å²) in [5, 5.41) is 9.03. The highest BCUT2D eigenvalue weighted by Gasteiger charge is 2.26. The maximum Gasteiger partial charge on any atom is 0.250 e. The van der Waals surface area contributed by atoms with Gasteiger partial charge in [0.15, 0.2) is 0 Å². The van der Waals surface area contributed by atoms with E-state index in [1.807, 2.05) is 13.0 Å². The molecule has 2 N–H and O–H groups in total. The van der Waals surface area contributed by atoms with Crippen molar-refractivity contribution in [3.05, 3.63) is 17.0 Å². The van der Waals surface area contributed by atoms with Crippen LogP contribution in [0, 0.1) is 0 Å². The Bertz CT molecular complexity index is 448. The molecule has 1 rings (SSSR count). The number of aryl methyl sites for hydroxylation is 1. The quantitative estimate of drug-likeness (QED) is 0.843. The van der Waals surface area contributed by atoms with Crippen molar-refractivity contribution in [3.8, 4) is 0 Å². The van der Waals surface area contributed by atoms with E-state index in [9.17, 15) is 8.42 Å². The molecule has 0 radical (unpaired) electrons. The summed E-state index contributed by atoms with van der Waals surface area (Å²) in [7, 11) is -3.51. The zero-order valence-electron chi connectivity index (χ0n) is 9.65. The monoisotopic (exact) mass is 263 g/mol. The molecule has 1 aromatic rings. The highest BCUT2D eigenvalue weighted by molar-refractivity contribution is 7.91. The van der Waals surface area contributed by atoms with E-state index in [1.54, 1.807) is 19.9 Å². The summed E-state index contributed by atoms with van der Waals surface area (Å²) >= 11 is 1.26. The number of hydrogen-bond donors (Lipinski definition) is 2. The summed E-state index contributed by atoms with van der Waals surface area (Å²) in [6.07, 6.45) is 0.823. The van der Waals surface area contributed by atoms with Crippen LogP contribution in [0.25, 0.3) is 0 Å². The fraction of sp³-hybridized carbons (Fsp3) is 0.600. The molecule has 6 heteroatoms. The smallest absolute Gasteiger partial charge is 0.250 e. The predicted octanol–water partition coefficient (Wildman–Crippen LogP) is 1.36. The number of thiophene rings is 1. The third-order valence-corrected chi connectivity index (χ3v) is 5.48. The molecule has 1 heterocycles. The first kappa shape index (κ1) is 13.6. The topological polar surface area (TPSA) is 66.4 Å². The van der Waals surface area contributed by atoms with Gasteiger partial charge < -0.3 is 5.11 Å². The summed E-state index contributed by atoms with van der Waals surface area (Å²) in [6, 6.07) is 3.41. The molecule has 0 saturated heterocycles. The molecular formula is C10H17NO3S2. The van der Waals surface area contributed by atoms with Gasteiger partial charge in [-0.25, -0.2) is 13.1 Å². The number of aliphatic hydroxyl groups is 1. The first-order valence-corrected chi connectivity index (χ1v) is 7.34. The van der Waals surface area contributed by atoms with E-state index in [2.05, 4.69) is 4.72 Å². The van der Waals surface area contributed by atoms with Gasteiger partial charge >= 0.3 is 0 Å². The maximum absolute atomic E-state index is 11.9. The zero-order valence-corrected chi connectivity index (χ0v) is 11.3. The van der Waals surface area contributed by atoms with E-state index in [-0.39, 0.29) is 6.61 Å². The molecule has 92 valence electrons. The van der Waals surface area contributed by atoms with Crippen LogP contribution in [-0.2, 0) is 16.4 Å². The molecule has 0 aliphatic carbocycles. The molecule has 1 aromatic heterocycles. The van der Waals surface area contributed by atoms with Gasteiger partial charge in [-0.15, -0.1) is 11.3 Å². The molecule has 0 aromatic carbocycles. The Labute approximate surface area is 100 Å². The Morgan fingerprint density at radius 3 is 2.50 bits per heavy atom. The van der Waals surface area contributed by atoms with Crippen molar-refractivity contribution in [2.75, 3.05) is 6.61 Å². The highest BCUT2D eigenvalue weighted by Crippen LogP contribution is 2.23. The van der Waals surface area contributed by atoms with Crippen LogP contribution in [0.3, 0.4) is 0 Å². The second-order valence-corrected chi connectivity index (χ2v) is 7.30. The van der Waals surface area contributed by atoms with Crippen LogP contribution in [0.15, 0.2) is 16.3 Å². The number of nitrogens with one attached hydrogen (secondary N) is 1. The molecule has 16 heavy (non-hydrogen) atoms. The van der Waals surface area contributed by atoms with Crippen LogP contribution in [0.1, 0.15) is 25.6 Å². The van der Waals surface area contributed by atoms with Crippen molar-refractivity contribution in [2.45, 2.75) is 36.9 Å². The van der Waals surface area contributed by atoms with Crippen molar-refractivity contribution < 1.29 is 13.5 Å². The van der Waals surface area contributed by atoms with Gasteiger partial charge in [0, 0.05) is 4.88 Å². The van der Waals surface area contributed by atoms with Crippen molar-refractivity contribution in [1.82, 2.24) is 4.72 Å². The normalized spacial score (nSPS) is 13.0. The fourth-order valence-corrected chi connectivity index (χ4v) is 3.84. The Morgan fingerprint density at radius 1 is 1.44 bits per heavy atom. The van der Waals surface area contributed by atoms with Gasteiger partial charge in [-0.2, -0.15) is 0 Å². The van der Waals surface area contributed by atoms with Crippen LogP contribution >= 0.6 is 11.3 Å². The van der Waals surface area contributed by atoms with E-state index in [0.717, 1.165) is 11.3 Å².